The summed E-state index contributed by atoms with van der Waals surface area (Å²) in [7, 11) is 0. The fraction of sp³-hybridized carbons (Fsp3) is 0.733. The zero-order valence-corrected chi connectivity index (χ0v) is 25.9. The third-order valence-electron chi connectivity index (χ3n) is 7.14. The first kappa shape index (κ1) is 37.4. The maximum atomic E-state index is 13.0. The standard InChI is InChI=1S/C30H54N8O5/c1-2-3-4-5-6-7-8-9-10-11-12-13-14-17-26(39)35-21-27(40)37-25(19-23-20-33-22-36-23)28(41)38-24(29(42)43)16-15-18-34-30(31)32/h20,22,24-25H,2-19,21H2,1H3,(H,33,36)(H,35,39)(H,37,40)(H,38,41)(H,42,43)(H4,31,32,34)/t24-,25-/m0/s1. The van der Waals surface area contributed by atoms with E-state index in [1.807, 2.05) is 0 Å². The van der Waals surface area contributed by atoms with Crippen LogP contribution in [0.25, 0.3) is 0 Å². The average Bonchev–Trinajstić information content (AvgIpc) is 3.48. The highest BCUT2D eigenvalue weighted by Crippen LogP contribution is 2.13. The quantitative estimate of drug-likeness (QED) is 0.0471. The predicted octanol–water partition coefficient (Wildman–Crippen LogP) is 2.66. The van der Waals surface area contributed by atoms with Gasteiger partial charge in [-0.1, -0.05) is 84.0 Å². The van der Waals surface area contributed by atoms with Crippen molar-refractivity contribution in [1.82, 2.24) is 25.9 Å². The van der Waals surface area contributed by atoms with Gasteiger partial charge in [-0.25, -0.2) is 9.78 Å². The van der Waals surface area contributed by atoms with Crippen LogP contribution in [0.3, 0.4) is 0 Å². The molecule has 0 unspecified atom stereocenters. The largest absolute Gasteiger partial charge is 0.480 e. The van der Waals surface area contributed by atoms with Crippen molar-refractivity contribution in [2.24, 2.45) is 16.5 Å². The van der Waals surface area contributed by atoms with Crippen LogP contribution >= 0.6 is 0 Å². The summed E-state index contributed by atoms with van der Waals surface area (Å²) in [6.45, 7) is 2.17. The van der Waals surface area contributed by atoms with Crippen molar-refractivity contribution >= 4 is 29.7 Å². The molecule has 0 spiro atoms. The van der Waals surface area contributed by atoms with Crippen LogP contribution in [0.1, 0.15) is 115 Å². The Morgan fingerprint density at radius 1 is 0.860 bits per heavy atom. The normalized spacial score (nSPS) is 12.2. The van der Waals surface area contributed by atoms with Crippen molar-refractivity contribution in [3.05, 3.63) is 18.2 Å². The fourth-order valence-electron chi connectivity index (χ4n) is 4.67. The number of aliphatic imine (C=N–C) groups is 1. The molecule has 3 amide bonds. The van der Waals surface area contributed by atoms with Gasteiger partial charge in [0, 0.05) is 31.3 Å². The first-order valence-electron chi connectivity index (χ1n) is 15.8. The topological polar surface area (TPSA) is 218 Å². The number of H-pyrrole nitrogens is 1. The number of aromatic nitrogens is 2. The molecule has 0 aliphatic heterocycles. The van der Waals surface area contributed by atoms with E-state index in [1.54, 1.807) is 0 Å². The smallest absolute Gasteiger partial charge is 0.326 e. The molecular weight excluding hydrogens is 552 g/mol. The summed E-state index contributed by atoms with van der Waals surface area (Å²) in [6, 6.07) is -2.27. The van der Waals surface area contributed by atoms with Gasteiger partial charge in [-0.05, 0) is 19.3 Å². The summed E-state index contributed by atoms with van der Waals surface area (Å²) in [4.78, 5) is 60.1. The Balaban J connectivity index is 2.35. The van der Waals surface area contributed by atoms with Crippen LogP contribution in [0.4, 0.5) is 0 Å². The van der Waals surface area contributed by atoms with Crippen molar-refractivity contribution in [3.8, 4) is 0 Å². The second-order valence-corrected chi connectivity index (χ2v) is 11.0. The van der Waals surface area contributed by atoms with E-state index >= 15 is 0 Å². The van der Waals surface area contributed by atoms with E-state index in [4.69, 9.17) is 11.5 Å². The third-order valence-corrected chi connectivity index (χ3v) is 7.14. The molecular formula is C30H54N8O5. The Labute approximate surface area is 255 Å². The van der Waals surface area contributed by atoms with Crippen molar-refractivity contribution in [1.29, 1.82) is 0 Å². The molecule has 13 nitrogen and oxygen atoms in total. The van der Waals surface area contributed by atoms with Crippen LogP contribution in [0.5, 0.6) is 0 Å². The fourth-order valence-corrected chi connectivity index (χ4v) is 4.67. The first-order valence-corrected chi connectivity index (χ1v) is 15.8. The van der Waals surface area contributed by atoms with Crippen molar-refractivity contribution in [3.63, 3.8) is 0 Å². The van der Waals surface area contributed by atoms with Crippen molar-refractivity contribution in [2.75, 3.05) is 13.1 Å². The second kappa shape index (κ2) is 23.9. The van der Waals surface area contributed by atoms with Gasteiger partial charge in [0.15, 0.2) is 5.96 Å². The number of nitrogens with two attached hydrogens (primary N) is 2. The van der Waals surface area contributed by atoms with Gasteiger partial charge in [0.25, 0.3) is 0 Å². The van der Waals surface area contributed by atoms with Crippen LogP contribution in [0, 0.1) is 0 Å². The number of aliphatic carboxylic acids is 1. The summed E-state index contributed by atoms with van der Waals surface area (Å²) in [5, 5.41) is 17.2. The Bertz CT molecular complexity index is 950. The molecule has 0 saturated carbocycles. The number of unbranched alkanes of at least 4 members (excludes halogenated alkanes) is 12. The summed E-state index contributed by atoms with van der Waals surface area (Å²) in [6.07, 6.45) is 19.6. The van der Waals surface area contributed by atoms with Crippen LogP contribution < -0.4 is 27.4 Å². The molecule has 1 heterocycles. The zero-order chi connectivity index (χ0) is 31.7. The molecule has 13 heteroatoms. The molecule has 0 radical (unpaired) electrons. The molecule has 0 aliphatic rings. The minimum atomic E-state index is -1.22. The van der Waals surface area contributed by atoms with Gasteiger partial charge in [0.05, 0.1) is 12.9 Å². The average molecular weight is 607 g/mol. The highest BCUT2D eigenvalue weighted by atomic mass is 16.4. The van der Waals surface area contributed by atoms with E-state index in [2.05, 4.69) is 37.8 Å². The van der Waals surface area contributed by atoms with E-state index < -0.39 is 29.9 Å². The molecule has 244 valence electrons. The Kier molecular flexibility index (Phi) is 20.8. The first-order chi connectivity index (χ1) is 20.7. The number of nitrogens with one attached hydrogen (secondary N) is 4. The lowest BCUT2D eigenvalue weighted by Gasteiger charge is -2.21. The van der Waals surface area contributed by atoms with Gasteiger partial charge in [-0.3, -0.25) is 19.4 Å². The second-order valence-electron chi connectivity index (χ2n) is 11.0. The van der Waals surface area contributed by atoms with Crippen LogP contribution in [-0.4, -0.2) is 69.9 Å². The number of imidazole rings is 1. The van der Waals surface area contributed by atoms with E-state index in [0.29, 0.717) is 18.5 Å². The zero-order valence-electron chi connectivity index (χ0n) is 25.9. The van der Waals surface area contributed by atoms with Crippen molar-refractivity contribution < 1.29 is 24.3 Å². The molecule has 2 atom stereocenters. The minimum absolute atomic E-state index is 0.0603. The van der Waals surface area contributed by atoms with Gasteiger partial charge in [0.2, 0.25) is 17.7 Å². The number of rotatable bonds is 26. The number of amides is 3. The predicted molar refractivity (Wildman–Crippen MR) is 167 cm³/mol. The van der Waals surface area contributed by atoms with Gasteiger partial charge >= 0.3 is 5.97 Å². The molecule has 0 saturated heterocycles. The molecule has 1 rings (SSSR count). The van der Waals surface area contributed by atoms with Gasteiger partial charge in [-0.15, -0.1) is 0 Å². The summed E-state index contributed by atoms with van der Waals surface area (Å²) in [5.74, 6) is -2.77. The molecule has 0 fully saturated rings. The molecule has 0 bridgehead atoms. The number of carbonyl (C=O) groups is 4. The SMILES string of the molecule is CCCCCCCCCCCCCCCC(=O)NCC(=O)N[C@@H](Cc1cnc[nH]1)C(=O)N[C@@H](CCCN=C(N)N)C(=O)O. The van der Waals surface area contributed by atoms with E-state index in [-0.39, 0.29) is 37.8 Å². The summed E-state index contributed by atoms with van der Waals surface area (Å²) >= 11 is 0. The highest BCUT2D eigenvalue weighted by Gasteiger charge is 2.27. The number of aromatic amines is 1. The van der Waals surface area contributed by atoms with Crippen LogP contribution in [0.2, 0.25) is 0 Å². The Hall–Kier alpha value is -3.64. The molecule has 9 N–H and O–H groups in total. The summed E-state index contributed by atoms with van der Waals surface area (Å²) in [5.41, 5.74) is 11.1. The number of nitrogens with zero attached hydrogens (tertiary/aromatic N) is 2. The van der Waals surface area contributed by atoms with Gasteiger partial charge in [-0.2, -0.15) is 0 Å². The van der Waals surface area contributed by atoms with E-state index in [9.17, 15) is 24.3 Å². The van der Waals surface area contributed by atoms with Crippen LogP contribution in [-0.2, 0) is 25.6 Å². The van der Waals surface area contributed by atoms with E-state index in [1.165, 1.54) is 76.7 Å². The summed E-state index contributed by atoms with van der Waals surface area (Å²) < 4.78 is 0. The molecule has 43 heavy (non-hydrogen) atoms. The maximum absolute atomic E-state index is 13.0. The molecule has 1 aromatic rings. The maximum Gasteiger partial charge on any atom is 0.326 e. The Morgan fingerprint density at radius 3 is 2.00 bits per heavy atom. The van der Waals surface area contributed by atoms with Crippen molar-refractivity contribution in [2.45, 2.75) is 128 Å². The van der Waals surface area contributed by atoms with E-state index in [0.717, 1.165) is 19.3 Å². The van der Waals surface area contributed by atoms with Gasteiger partial charge < -0.3 is 37.5 Å². The number of guanidine groups is 1. The number of carbonyl (C=O) groups excluding carboxylic acids is 3. The lowest BCUT2D eigenvalue weighted by Crippen LogP contribution is -2.54. The number of carboxylic acid groups (broad SMARTS) is 1. The number of carboxylic acids is 1. The molecule has 0 aromatic carbocycles. The lowest BCUT2D eigenvalue weighted by atomic mass is 10.0. The molecule has 0 aliphatic carbocycles. The lowest BCUT2D eigenvalue weighted by molar-refractivity contribution is -0.142. The van der Waals surface area contributed by atoms with Gasteiger partial charge in [0.1, 0.15) is 12.1 Å². The molecule has 1 aromatic heterocycles. The number of hydrogen-bond donors (Lipinski definition) is 7. The monoisotopic (exact) mass is 606 g/mol. The third kappa shape index (κ3) is 20.0. The minimum Gasteiger partial charge on any atom is -0.480 e. The Morgan fingerprint density at radius 2 is 1.47 bits per heavy atom. The number of hydrogen-bond acceptors (Lipinski definition) is 6. The highest BCUT2D eigenvalue weighted by molar-refractivity contribution is 5.92. The van der Waals surface area contributed by atoms with Crippen LogP contribution in [0.15, 0.2) is 17.5 Å².